The van der Waals surface area contributed by atoms with E-state index in [1.54, 1.807) is 4.68 Å². The summed E-state index contributed by atoms with van der Waals surface area (Å²) in [6.07, 6.45) is 0.643. The predicted molar refractivity (Wildman–Crippen MR) is 111 cm³/mol. The second-order valence-corrected chi connectivity index (χ2v) is 8.06. The Labute approximate surface area is 182 Å². The second kappa shape index (κ2) is 8.07. The molecule has 0 spiro atoms. The van der Waals surface area contributed by atoms with E-state index in [4.69, 9.17) is 4.74 Å². The van der Waals surface area contributed by atoms with Crippen LogP contribution in [0.1, 0.15) is 26.0 Å². The molecule has 4 heterocycles. The summed E-state index contributed by atoms with van der Waals surface area (Å²) in [5.41, 5.74) is 1.35. The third-order valence-corrected chi connectivity index (χ3v) is 5.69. The van der Waals surface area contributed by atoms with Gasteiger partial charge in [0.05, 0.1) is 12.5 Å². The van der Waals surface area contributed by atoms with E-state index in [0.29, 0.717) is 41.0 Å². The minimum absolute atomic E-state index is 0.341. The average Bonchev–Trinajstić information content (AvgIpc) is 3.18. The summed E-state index contributed by atoms with van der Waals surface area (Å²) in [7, 11) is 1.43. The summed E-state index contributed by atoms with van der Waals surface area (Å²) in [6, 6.07) is 0. The molecule has 1 aliphatic carbocycles. The zero-order chi connectivity index (χ0) is 22.4. The second-order valence-electron chi connectivity index (χ2n) is 8.06. The molecule has 4 atom stereocenters. The molecular formula is C19H25N9O4. The molecule has 13 nitrogen and oxygen atoms in total. The lowest BCUT2D eigenvalue weighted by atomic mass is 10.1. The van der Waals surface area contributed by atoms with E-state index in [1.807, 2.05) is 13.1 Å². The molecular weight excluding hydrogens is 418 g/mol. The van der Waals surface area contributed by atoms with Gasteiger partial charge < -0.3 is 25.6 Å². The third-order valence-electron chi connectivity index (χ3n) is 5.69. The molecule has 5 rings (SSSR count). The summed E-state index contributed by atoms with van der Waals surface area (Å²) in [6.45, 7) is 3.35. The number of nitrogens with zero attached hydrogens (tertiary/aromatic N) is 7. The summed E-state index contributed by atoms with van der Waals surface area (Å²) in [4.78, 5) is 25.6. The zero-order valence-electron chi connectivity index (χ0n) is 17.7. The largest absolute Gasteiger partial charge is 0.387 e. The van der Waals surface area contributed by atoms with Crippen LogP contribution in [0.4, 0.5) is 5.82 Å². The summed E-state index contributed by atoms with van der Waals surface area (Å²) < 4.78 is 8.97. The number of amides is 1. The molecule has 1 saturated carbocycles. The third kappa shape index (κ3) is 3.57. The van der Waals surface area contributed by atoms with E-state index in [2.05, 4.69) is 35.9 Å². The van der Waals surface area contributed by atoms with Crippen molar-refractivity contribution in [2.24, 2.45) is 5.92 Å². The maximum Gasteiger partial charge on any atom is 0.251 e. The van der Waals surface area contributed by atoms with Gasteiger partial charge in [-0.25, -0.2) is 15.0 Å². The Bertz CT molecular complexity index is 1140. The number of carbonyl (C=O) groups is 1. The fraction of sp³-hybridized carbons (Fsp3) is 0.579. The van der Waals surface area contributed by atoms with Crippen molar-refractivity contribution in [3.63, 3.8) is 0 Å². The van der Waals surface area contributed by atoms with Crippen LogP contribution in [0.3, 0.4) is 0 Å². The van der Waals surface area contributed by atoms with Gasteiger partial charge in [-0.05, 0) is 25.7 Å². The van der Waals surface area contributed by atoms with Crippen molar-refractivity contribution in [2.45, 2.75) is 50.8 Å². The highest BCUT2D eigenvalue weighted by Crippen LogP contribution is 2.34. The van der Waals surface area contributed by atoms with Crippen molar-refractivity contribution >= 4 is 22.9 Å². The molecule has 0 radical (unpaired) electrons. The number of rotatable bonds is 7. The molecule has 32 heavy (non-hydrogen) atoms. The van der Waals surface area contributed by atoms with Gasteiger partial charge in [0.15, 0.2) is 35.1 Å². The van der Waals surface area contributed by atoms with Crippen molar-refractivity contribution in [3.8, 4) is 11.5 Å². The normalized spacial score (nSPS) is 25.4. The Balaban J connectivity index is 1.54. The first-order chi connectivity index (χ1) is 15.5. The standard InChI is InChI=1S/C19H25N9O4/c1-3-21-16-11-17(24-15(23-16)10-7-27(26-25-10)6-9-4-5-9)28(8-22-11)19-13(30)12(29)14(32-19)18(31)20-2/h7-9,12-14,19,29-30H,3-6H2,1-2H3,(H,20,31)(H,21,23,24)/t12-,13+,14-,19+/m0/s1. The SMILES string of the molecule is CCNc1nc(-c2cn(CC3CC3)nn2)nc2c1ncn2[C@@H]1O[C@H](C(=O)NC)[C@@H](O)[C@H]1O. The van der Waals surface area contributed by atoms with Crippen molar-refractivity contribution in [1.29, 1.82) is 0 Å². The highest BCUT2D eigenvalue weighted by Gasteiger charge is 2.47. The zero-order valence-corrected chi connectivity index (χ0v) is 17.7. The monoisotopic (exact) mass is 443 g/mol. The smallest absolute Gasteiger partial charge is 0.251 e. The first-order valence-electron chi connectivity index (χ1n) is 10.6. The fourth-order valence-corrected chi connectivity index (χ4v) is 3.81. The van der Waals surface area contributed by atoms with Gasteiger partial charge in [0.25, 0.3) is 5.91 Å². The number of ether oxygens (including phenoxy) is 1. The molecule has 0 unspecified atom stereocenters. The molecule has 4 N–H and O–H groups in total. The number of likely N-dealkylation sites (N-methyl/N-ethyl adjacent to an activating group) is 1. The number of hydrogen-bond donors (Lipinski definition) is 4. The Morgan fingerprint density at radius 2 is 2.09 bits per heavy atom. The Hall–Kier alpha value is -3.16. The molecule has 1 aliphatic heterocycles. The summed E-state index contributed by atoms with van der Waals surface area (Å²) >= 11 is 0. The van der Waals surface area contributed by atoms with Gasteiger partial charge in [-0.3, -0.25) is 14.0 Å². The van der Waals surface area contributed by atoms with E-state index in [-0.39, 0.29) is 0 Å². The number of anilines is 1. The highest BCUT2D eigenvalue weighted by atomic mass is 16.6. The van der Waals surface area contributed by atoms with Crippen molar-refractivity contribution in [2.75, 3.05) is 18.9 Å². The number of aliphatic hydroxyl groups excluding tert-OH is 2. The van der Waals surface area contributed by atoms with Gasteiger partial charge in [0.1, 0.15) is 17.9 Å². The lowest BCUT2D eigenvalue weighted by Crippen LogP contribution is -2.41. The van der Waals surface area contributed by atoms with Crippen molar-refractivity contribution in [3.05, 3.63) is 12.5 Å². The minimum atomic E-state index is -1.39. The molecule has 170 valence electrons. The Morgan fingerprint density at radius 3 is 2.81 bits per heavy atom. The fourth-order valence-electron chi connectivity index (χ4n) is 3.81. The van der Waals surface area contributed by atoms with Crippen LogP contribution < -0.4 is 10.6 Å². The molecule has 1 saturated heterocycles. The van der Waals surface area contributed by atoms with Gasteiger partial charge in [-0.2, -0.15) is 0 Å². The van der Waals surface area contributed by atoms with Crippen LogP contribution in [0.5, 0.6) is 0 Å². The van der Waals surface area contributed by atoms with Crippen molar-refractivity contribution in [1.82, 2.24) is 39.8 Å². The van der Waals surface area contributed by atoms with Crippen molar-refractivity contribution < 1.29 is 19.7 Å². The van der Waals surface area contributed by atoms with Gasteiger partial charge >= 0.3 is 0 Å². The number of nitrogens with one attached hydrogen (secondary N) is 2. The van der Waals surface area contributed by atoms with Crippen LogP contribution in [0.15, 0.2) is 12.5 Å². The topological polar surface area (TPSA) is 165 Å². The van der Waals surface area contributed by atoms with E-state index >= 15 is 0 Å². The average molecular weight is 443 g/mol. The minimum Gasteiger partial charge on any atom is -0.387 e. The number of hydrogen-bond acceptors (Lipinski definition) is 10. The van der Waals surface area contributed by atoms with Crippen LogP contribution in [-0.4, -0.2) is 82.5 Å². The first-order valence-corrected chi connectivity index (χ1v) is 10.6. The van der Waals surface area contributed by atoms with Gasteiger partial charge in [-0.1, -0.05) is 5.21 Å². The predicted octanol–water partition coefficient (Wildman–Crippen LogP) is -0.708. The lowest BCUT2D eigenvalue weighted by Gasteiger charge is -2.16. The van der Waals surface area contributed by atoms with Crippen LogP contribution >= 0.6 is 0 Å². The summed E-state index contributed by atoms with van der Waals surface area (Å²) in [5, 5.41) is 34.9. The first kappa shape index (κ1) is 20.7. The molecule has 13 heteroatoms. The number of carbonyl (C=O) groups excluding carboxylic acids is 1. The van der Waals surface area contributed by atoms with Crippen LogP contribution in [0.2, 0.25) is 0 Å². The number of aromatic nitrogens is 7. The molecule has 0 aromatic carbocycles. The number of aliphatic hydroxyl groups is 2. The van der Waals surface area contributed by atoms with Gasteiger partial charge in [-0.15, -0.1) is 5.10 Å². The molecule has 3 aromatic rings. The van der Waals surface area contributed by atoms with E-state index in [1.165, 1.54) is 30.8 Å². The molecule has 2 aliphatic rings. The molecule has 2 fully saturated rings. The summed E-state index contributed by atoms with van der Waals surface area (Å²) in [5.74, 6) is 0.957. The van der Waals surface area contributed by atoms with Gasteiger partial charge in [0.2, 0.25) is 0 Å². The number of imidazole rings is 1. The lowest BCUT2D eigenvalue weighted by molar-refractivity contribution is -0.137. The molecule has 1 amide bonds. The molecule has 3 aromatic heterocycles. The van der Waals surface area contributed by atoms with E-state index in [9.17, 15) is 15.0 Å². The Morgan fingerprint density at radius 1 is 1.28 bits per heavy atom. The van der Waals surface area contributed by atoms with Crippen LogP contribution in [0.25, 0.3) is 22.7 Å². The maximum absolute atomic E-state index is 12.0. The maximum atomic E-state index is 12.0. The van der Waals surface area contributed by atoms with E-state index < -0.39 is 30.4 Å². The number of fused-ring (bicyclic) bond motifs is 1. The Kier molecular flexibility index (Phi) is 5.23. The van der Waals surface area contributed by atoms with E-state index in [0.717, 1.165) is 6.54 Å². The van der Waals surface area contributed by atoms with Crippen LogP contribution in [0, 0.1) is 5.92 Å². The highest BCUT2D eigenvalue weighted by molar-refractivity contribution is 5.85. The quantitative estimate of drug-likeness (QED) is 0.366. The van der Waals surface area contributed by atoms with Crippen LogP contribution in [-0.2, 0) is 16.1 Å². The van der Waals surface area contributed by atoms with Gasteiger partial charge in [0, 0.05) is 20.1 Å². The molecule has 0 bridgehead atoms.